The summed E-state index contributed by atoms with van der Waals surface area (Å²) in [6.07, 6.45) is 3.28. The number of furan rings is 1. The fourth-order valence-corrected chi connectivity index (χ4v) is 4.22. The van der Waals surface area contributed by atoms with Crippen LogP contribution >= 0.6 is 0 Å². The second kappa shape index (κ2) is 12.0. The minimum absolute atomic E-state index is 0.00577. The van der Waals surface area contributed by atoms with Gasteiger partial charge in [0.2, 0.25) is 21.8 Å². The SMILES string of the molecule is CCCC(C(=O)NC(C)(C)CC)N(Cc1ccco1)C(=O)CNS(=O)(=O)c1ccc(OC)cc1. The highest BCUT2D eigenvalue weighted by Gasteiger charge is 2.33. The van der Waals surface area contributed by atoms with Crippen LogP contribution in [-0.4, -0.2) is 50.4 Å². The van der Waals surface area contributed by atoms with E-state index >= 15 is 0 Å². The Morgan fingerprint density at radius 1 is 1.15 bits per heavy atom. The lowest BCUT2D eigenvalue weighted by Crippen LogP contribution is -2.55. The highest BCUT2D eigenvalue weighted by molar-refractivity contribution is 7.89. The van der Waals surface area contributed by atoms with E-state index in [1.165, 1.54) is 42.5 Å². The van der Waals surface area contributed by atoms with Gasteiger partial charge in [0, 0.05) is 5.54 Å². The Hall–Kier alpha value is -2.85. The largest absolute Gasteiger partial charge is 0.497 e. The van der Waals surface area contributed by atoms with Gasteiger partial charge in [-0.05, 0) is 63.1 Å². The predicted molar refractivity (Wildman–Crippen MR) is 129 cm³/mol. The van der Waals surface area contributed by atoms with Gasteiger partial charge in [0.1, 0.15) is 17.6 Å². The maximum absolute atomic E-state index is 13.3. The Morgan fingerprint density at radius 3 is 2.35 bits per heavy atom. The Labute approximate surface area is 201 Å². The summed E-state index contributed by atoms with van der Waals surface area (Å²) in [4.78, 5) is 27.8. The van der Waals surface area contributed by atoms with Gasteiger partial charge in [0.15, 0.2) is 0 Å². The van der Waals surface area contributed by atoms with E-state index < -0.39 is 34.1 Å². The molecule has 2 amide bonds. The van der Waals surface area contributed by atoms with Crippen LogP contribution in [0.25, 0.3) is 0 Å². The molecule has 0 saturated carbocycles. The number of amides is 2. The fraction of sp³-hybridized carbons (Fsp3) is 0.500. The molecular formula is C24H35N3O6S. The lowest BCUT2D eigenvalue weighted by Gasteiger charge is -2.34. The van der Waals surface area contributed by atoms with E-state index in [1.807, 2.05) is 27.7 Å². The smallest absolute Gasteiger partial charge is 0.243 e. The molecule has 0 bridgehead atoms. The molecule has 1 heterocycles. The molecule has 2 N–H and O–H groups in total. The van der Waals surface area contributed by atoms with Gasteiger partial charge < -0.3 is 19.4 Å². The number of nitrogens with one attached hydrogen (secondary N) is 2. The van der Waals surface area contributed by atoms with Crippen molar-refractivity contribution in [2.24, 2.45) is 0 Å². The first-order valence-electron chi connectivity index (χ1n) is 11.3. The fourth-order valence-electron chi connectivity index (χ4n) is 3.25. The Bertz CT molecular complexity index is 1030. The van der Waals surface area contributed by atoms with Crippen molar-refractivity contribution >= 4 is 21.8 Å². The monoisotopic (exact) mass is 493 g/mol. The summed E-state index contributed by atoms with van der Waals surface area (Å²) in [5.74, 6) is 0.195. The average molecular weight is 494 g/mol. The van der Waals surface area contributed by atoms with Crippen molar-refractivity contribution in [3.63, 3.8) is 0 Å². The zero-order valence-electron chi connectivity index (χ0n) is 20.5. The first-order chi connectivity index (χ1) is 16.0. The van der Waals surface area contributed by atoms with E-state index in [0.717, 1.165) is 0 Å². The standard InChI is InChI=1S/C24H35N3O6S/c1-6-9-21(23(29)26-24(3,4)7-2)27(17-19-10-8-15-33-19)22(28)16-25-34(30,31)20-13-11-18(32-5)12-14-20/h8,10-15,21,25H,6-7,9,16-17H2,1-5H3,(H,26,29). The lowest BCUT2D eigenvalue weighted by atomic mass is 10.00. The number of nitrogens with zero attached hydrogens (tertiary/aromatic N) is 1. The van der Waals surface area contributed by atoms with Crippen LogP contribution in [0.2, 0.25) is 0 Å². The summed E-state index contributed by atoms with van der Waals surface area (Å²) in [5.41, 5.74) is -0.446. The van der Waals surface area contributed by atoms with Gasteiger partial charge in [-0.2, -0.15) is 0 Å². The molecule has 2 aromatic rings. The molecule has 0 fully saturated rings. The lowest BCUT2D eigenvalue weighted by molar-refractivity contribution is -0.141. The highest BCUT2D eigenvalue weighted by Crippen LogP contribution is 2.18. The van der Waals surface area contributed by atoms with E-state index in [4.69, 9.17) is 9.15 Å². The van der Waals surface area contributed by atoms with Crippen LogP contribution in [0, 0.1) is 0 Å². The number of sulfonamides is 1. The van der Waals surface area contributed by atoms with Crippen molar-refractivity contribution < 1.29 is 27.2 Å². The van der Waals surface area contributed by atoms with Gasteiger partial charge in [-0.25, -0.2) is 13.1 Å². The number of benzene rings is 1. The van der Waals surface area contributed by atoms with Gasteiger partial charge in [0.25, 0.3) is 0 Å². The van der Waals surface area contributed by atoms with Gasteiger partial charge in [0.05, 0.1) is 31.4 Å². The molecule has 188 valence electrons. The first-order valence-corrected chi connectivity index (χ1v) is 12.8. The number of hydrogen-bond acceptors (Lipinski definition) is 6. The molecule has 0 spiro atoms. The van der Waals surface area contributed by atoms with Crippen molar-refractivity contribution in [3.8, 4) is 5.75 Å². The van der Waals surface area contributed by atoms with E-state index in [1.54, 1.807) is 12.1 Å². The Balaban J connectivity index is 2.25. The normalized spacial score (nSPS) is 12.7. The third-order valence-corrected chi connectivity index (χ3v) is 7.01. The van der Waals surface area contributed by atoms with Crippen LogP contribution in [-0.2, 0) is 26.2 Å². The third-order valence-electron chi connectivity index (χ3n) is 5.60. The second-order valence-electron chi connectivity index (χ2n) is 8.63. The summed E-state index contributed by atoms with van der Waals surface area (Å²) in [6, 6.07) is 8.46. The average Bonchev–Trinajstić information content (AvgIpc) is 3.33. The maximum Gasteiger partial charge on any atom is 0.243 e. The Kier molecular flexibility index (Phi) is 9.69. The number of carbonyl (C=O) groups is 2. The van der Waals surface area contributed by atoms with Crippen LogP contribution in [0.3, 0.4) is 0 Å². The molecule has 1 aromatic carbocycles. The molecule has 9 nitrogen and oxygen atoms in total. The molecule has 10 heteroatoms. The quantitative estimate of drug-likeness (QED) is 0.443. The molecule has 0 aliphatic heterocycles. The molecule has 1 unspecified atom stereocenters. The summed E-state index contributed by atoms with van der Waals surface area (Å²) in [5, 5.41) is 3.00. The van der Waals surface area contributed by atoms with E-state index in [-0.39, 0.29) is 17.3 Å². The molecule has 1 atom stereocenters. The number of ether oxygens (including phenoxy) is 1. The van der Waals surface area contributed by atoms with Gasteiger partial charge >= 0.3 is 0 Å². The van der Waals surface area contributed by atoms with Crippen LogP contribution in [0.5, 0.6) is 5.75 Å². The first kappa shape index (κ1) is 27.4. The summed E-state index contributed by atoms with van der Waals surface area (Å²) < 4.78 is 38.2. The molecular weight excluding hydrogens is 458 g/mol. The number of hydrogen-bond donors (Lipinski definition) is 2. The van der Waals surface area contributed by atoms with E-state index in [2.05, 4.69) is 10.0 Å². The zero-order chi connectivity index (χ0) is 25.4. The van der Waals surface area contributed by atoms with Gasteiger partial charge in [-0.1, -0.05) is 20.3 Å². The van der Waals surface area contributed by atoms with Crippen molar-refractivity contribution in [2.75, 3.05) is 13.7 Å². The summed E-state index contributed by atoms with van der Waals surface area (Å²) in [6.45, 7) is 7.26. The highest BCUT2D eigenvalue weighted by atomic mass is 32.2. The van der Waals surface area contributed by atoms with E-state index in [9.17, 15) is 18.0 Å². The predicted octanol–water partition coefficient (Wildman–Crippen LogP) is 3.07. The van der Waals surface area contributed by atoms with Crippen LogP contribution in [0.15, 0.2) is 52.0 Å². The number of methoxy groups -OCH3 is 1. The van der Waals surface area contributed by atoms with Crippen molar-refractivity contribution in [2.45, 2.75) is 70.0 Å². The molecule has 34 heavy (non-hydrogen) atoms. The molecule has 0 saturated heterocycles. The van der Waals surface area contributed by atoms with Gasteiger partial charge in [-0.15, -0.1) is 0 Å². The van der Waals surface area contributed by atoms with Crippen molar-refractivity contribution in [3.05, 3.63) is 48.4 Å². The zero-order valence-corrected chi connectivity index (χ0v) is 21.3. The minimum Gasteiger partial charge on any atom is -0.497 e. The van der Waals surface area contributed by atoms with Crippen molar-refractivity contribution in [1.29, 1.82) is 0 Å². The number of rotatable bonds is 13. The second-order valence-corrected chi connectivity index (χ2v) is 10.4. The van der Waals surface area contributed by atoms with Crippen LogP contribution in [0.4, 0.5) is 0 Å². The molecule has 1 aromatic heterocycles. The Morgan fingerprint density at radius 2 is 1.82 bits per heavy atom. The summed E-state index contributed by atoms with van der Waals surface area (Å²) >= 11 is 0. The molecule has 0 radical (unpaired) electrons. The molecule has 0 aliphatic rings. The van der Waals surface area contributed by atoms with Gasteiger partial charge in [-0.3, -0.25) is 9.59 Å². The van der Waals surface area contributed by atoms with E-state index in [0.29, 0.717) is 30.8 Å². The third kappa shape index (κ3) is 7.59. The molecule has 0 aliphatic carbocycles. The minimum atomic E-state index is -3.94. The summed E-state index contributed by atoms with van der Waals surface area (Å²) in [7, 11) is -2.46. The molecule has 2 rings (SSSR count). The van der Waals surface area contributed by atoms with Crippen LogP contribution < -0.4 is 14.8 Å². The van der Waals surface area contributed by atoms with Crippen LogP contribution in [0.1, 0.15) is 52.7 Å². The number of carbonyl (C=O) groups excluding carboxylic acids is 2. The maximum atomic E-state index is 13.3. The topological polar surface area (TPSA) is 118 Å². The van der Waals surface area contributed by atoms with Crippen molar-refractivity contribution in [1.82, 2.24) is 14.9 Å².